The molecule has 0 spiro atoms. The Morgan fingerprint density at radius 1 is 1.05 bits per heavy atom. The van der Waals surface area contributed by atoms with Crippen molar-refractivity contribution in [2.75, 3.05) is 64.8 Å². The summed E-state index contributed by atoms with van der Waals surface area (Å²) in [6, 6.07) is 0. The maximum Gasteiger partial charge on any atom is 0.268 e. The van der Waals surface area contributed by atoms with Crippen molar-refractivity contribution in [1.29, 1.82) is 0 Å². The number of nitrogens with zero attached hydrogens (tertiary/aromatic N) is 2. The molecule has 1 atom stereocenters. The van der Waals surface area contributed by atoms with Gasteiger partial charge in [-0.1, -0.05) is 0 Å². The minimum absolute atomic E-state index is 0.134. The Labute approximate surface area is 119 Å². The van der Waals surface area contributed by atoms with E-state index in [2.05, 4.69) is 9.08 Å². The fraction of sp³-hybridized carbons (Fsp3) is 1.00. The van der Waals surface area contributed by atoms with Gasteiger partial charge in [-0.2, -0.15) is 8.42 Å². The van der Waals surface area contributed by atoms with Crippen LogP contribution in [0.4, 0.5) is 0 Å². The molecular formula is C11H24N2O6S. The molecule has 0 amide bonds. The van der Waals surface area contributed by atoms with Crippen LogP contribution in [-0.4, -0.2) is 104 Å². The van der Waals surface area contributed by atoms with Crippen molar-refractivity contribution >= 4 is 10.1 Å². The number of piperazine rings is 1. The molecule has 0 aromatic heterocycles. The zero-order chi connectivity index (χ0) is 15.0. The molecule has 120 valence electrons. The molecule has 3 N–H and O–H groups in total. The molecule has 0 aromatic rings. The van der Waals surface area contributed by atoms with Crippen LogP contribution in [0, 0.1) is 0 Å². The standard InChI is InChI=1S/C11H24N2O6S/c14-7-5-12-1-3-13(4-2-12)6-8-20(17,18)19-10-11(16)9-15/h11,14-16H,1-10H2. The molecule has 0 bridgehead atoms. The van der Waals surface area contributed by atoms with Crippen molar-refractivity contribution in [2.45, 2.75) is 6.10 Å². The van der Waals surface area contributed by atoms with Gasteiger partial charge in [0.25, 0.3) is 10.1 Å². The summed E-state index contributed by atoms with van der Waals surface area (Å²) in [5, 5.41) is 26.4. The summed E-state index contributed by atoms with van der Waals surface area (Å²) in [5.74, 6) is -0.134. The lowest BCUT2D eigenvalue weighted by molar-refractivity contribution is 0.0554. The minimum atomic E-state index is -3.68. The number of aliphatic hydroxyl groups excluding tert-OH is 3. The van der Waals surface area contributed by atoms with E-state index in [9.17, 15) is 8.42 Å². The first kappa shape index (κ1) is 17.8. The predicted molar refractivity (Wildman–Crippen MR) is 72.8 cm³/mol. The third-order valence-corrected chi connectivity index (χ3v) is 4.37. The van der Waals surface area contributed by atoms with Gasteiger partial charge in [0.15, 0.2) is 0 Å². The Kier molecular flexibility index (Phi) is 7.88. The van der Waals surface area contributed by atoms with Gasteiger partial charge in [0.2, 0.25) is 0 Å². The lowest BCUT2D eigenvalue weighted by Crippen LogP contribution is -2.48. The molecule has 9 heteroatoms. The summed E-state index contributed by atoms with van der Waals surface area (Å²) >= 11 is 0. The Bertz CT molecular complexity index is 356. The van der Waals surface area contributed by atoms with Gasteiger partial charge in [-0.05, 0) is 0 Å². The van der Waals surface area contributed by atoms with Crippen molar-refractivity contribution < 1.29 is 27.9 Å². The van der Waals surface area contributed by atoms with Gasteiger partial charge in [0.05, 0.1) is 25.6 Å². The van der Waals surface area contributed by atoms with Crippen molar-refractivity contribution in [3.63, 3.8) is 0 Å². The quantitative estimate of drug-likeness (QED) is 0.394. The van der Waals surface area contributed by atoms with Gasteiger partial charge in [-0.3, -0.25) is 14.0 Å². The number of aliphatic hydroxyl groups is 3. The summed E-state index contributed by atoms with van der Waals surface area (Å²) in [6.45, 7) is 3.36. The third-order valence-electron chi connectivity index (χ3n) is 3.19. The fourth-order valence-corrected chi connectivity index (χ4v) is 2.88. The smallest absolute Gasteiger partial charge is 0.268 e. The molecule has 1 heterocycles. The number of hydrogen-bond donors (Lipinski definition) is 3. The lowest BCUT2D eigenvalue weighted by Gasteiger charge is -2.34. The van der Waals surface area contributed by atoms with E-state index in [1.165, 1.54) is 0 Å². The Morgan fingerprint density at radius 3 is 2.10 bits per heavy atom. The molecule has 1 fully saturated rings. The van der Waals surface area contributed by atoms with Crippen LogP contribution < -0.4 is 0 Å². The molecule has 0 radical (unpaired) electrons. The molecule has 1 unspecified atom stereocenters. The van der Waals surface area contributed by atoms with Crippen molar-refractivity contribution in [2.24, 2.45) is 0 Å². The van der Waals surface area contributed by atoms with Gasteiger partial charge in [-0.25, -0.2) is 0 Å². The SMILES string of the molecule is O=S(=O)(CCN1CCN(CCO)CC1)OCC(O)CO. The monoisotopic (exact) mass is 312 g/mol. The molecule has 1 aliphatic rings. The van der Waals surface area contributed by atoms with E-state index < -0.39 is 29.4 Å². The summed E-state index contributed by atoms with van der Waals surface area (Å²) < 4.78 is 27.8. The average Bonchev–Trinajstić information content (AvgIpc) is 2.44. The molecule has 0 aromatic carbocycles. The van der Waals surface area contributed by atoms with E-state index >= 15 is 0 Å². The number of hydrogen-bond acceptors (Lipinski definition) is 8. The van der Waals surface area contributed by atoms with E-state index in [0.29, 0.717) is 13.1 Å². The number of β-amino-alcohol motifs (C(OH)–C–C–N with tert-alkyl or cyclic N) is 1. The van der Waals surface area contributed by atoms with Gasteiger partial charge < -0.3 is 15.3 Å². The van der Waals surface area contributed by atoms with E-state index in [1.54, 1.807) is 0 Å². The first-order valence-electron chi connectivity index (χ1n) is 6.68. The van der Waals surface area contributed by atoms with E-state index in [4.69, 9.17) is 15.3 Å². The highest BCUT2D eigenvalue weighted by Gasteiger charge is 2.20. The van der Waals surface area contributed by atoms with Gasteiger partial charge >= 0.3 is 0 Å². The van der Waals surface area contributed by atoms with Crippen molar-refractivity contribution in [1.82, 2.24) is 9.80 Å². The van der Waals surface area contributed by atoms with Crippen LogP contribution in [0.3, 0.4) is 0 Å². The van der Waals surface area contributed by atoms with E-state index in [0.717, 1.165) is 26.2 Å². The second-order valence-corrected chi connectivity index (χ2v) is 6.55. The van der Waals surface area contributed by atoms with Crippen molar-refractivity contribution in [3.8, 4) is 0 Å². The average molecular weight is 312 g/mol. The maximum absolute atomic E-state index is 11.6. The van der Waals surface area contributed by atoms with Gasteiger partial charge in [0, 0.05) is 39.3 Å². The van der Waals surface area contributed by atoms with Gasteiger partial charge in [-0.15, -0.1) is 0 Å². The Morgan fingerprint density at radius 2 is 1.60 bits per heavy atom. The zero-order valence-corrected chi connectivity index (χ0v) is 12.3. The summed E-state index contributed by atoms with van der Waals surface area (Å²) in [6.07, 6.45) is -1.17. The molecular weight excluding hydrogens is 288 g/mol. The first-order chi connectivity index (χ1) is 9.46. The van der Waals surface area contributed by atoms with Crippen LogP contribution in [0.15, 0.2) is 0 Å². The molecule has 20 heavy (non-hydrogen) atoms. The van der Waals surface area contributed by atoms with Crippen LogP contribution in [0.1, 0.15) is 0 Å². The molecule has 0 saturated carbocycles. The topological polar surface area (TPSA) is 111 Å². The van der Waals surface area contributed by atoms with Gasteiger partial charge in [0.1, 0.15) is 6.10 Å². The van der Waals surface area contributed by atoms with Crippen LogP contribution in [0.5, 0.6) is 0 Å². The van der Waals surface area contributed by atoms with Crippen LogP contribution in [0.2, 0.25) is 0 Å². The summed E-state index contributed by atoms with van der Waals surface area (Å²) in [5.41, 5.74) is 0. The zero-order valence-electron chi connectivity index (χ0n) is 11.5. The lowest BCUT2D eigenvalue weighted by atomic mass is 10.3. The summed E-state index contributed by atoms with van der Waals surface area (Å²) in [7, 11) is -3.68. The summed E-state index contributed by atoms with van der Waals surface area (Å²) in [4.78, 5) is 4.15. The Balaban J connectivity index is 2.22. The normalized spacial score (nSPS) is 20.1. The maximum atomic E-state index is 11.6. The second-order valence-electron chi connectivity index (χ2n) is 4.79. The molecule has 1 aliphatic heterocycles. The molecule has 0 aliphatic carbocycles. The second kappa shape index (κ2) is 8.88. The highest BCUT2D eigenvalue weighted by Crippen LogP contribution is 2.03. The predicted octanol–water partition coefficient (Wildman–Crippen LogP) is -2.70. The van der Waals surface area contributed by atoms with E-state index in [-0.39, 0.29) is 12.4 Å². The fourth-order valence-electron chi connectivity index (χ4n) is 1.91. The highest BCUT2D eigenvalue weighted by atomic mass is 32.2. The van der Waals surface area contributed by atoms with Crippen LogP contribution in [-0.2, 0) is 14.3 Å². The minimum Gasteiger partial charge on any atom is -0.395 e. The Hall–Kier alpha value is -0.290. The van der Waals surface area contributed by atoms with E-state index in [1.807, 2.05) is 4.90 Å². The molecule has 8 nitrogen and oxygen atoms in total. The highest BCUT2D eigenvalue weighted by molar-refractivity contribution is 7.86. The van der Waals surface area contributed by atoms with Crippen molar-refractivity contribution in [3.05, 3.63) is 0 Å². The first-order valence-corrected chi connectivity index (χ1v) is 8.26. The van der Waals surface area contributed by atoms with Crippen LogP contribution in [0.25, 0.3) is 0 Å². The largest absolute Gasteiger partial charge is 0.395 e. The number of rotatable bonds is 9. The molecule has 1 rings (SSSR count). The molecule has 1 saturated heterocycles. The van der Waals surface area contributed by atoms with Crippen LogP contribution >= 0.6 is 0 Å². The third kappa shape index (κ3) is 6.93.